The summed E-state index contributed by atoms with van der Waals surface area (Å²) in [5.74, 6) is 0.330. The lowest BCUT2D eigenvalue weighted by atomic mass is 10.1. The van der Waals surface area contributed by atoms with Gasteiger partial charge in [-0.3, -0.25) is 10.5 Å². The highest BCUT2D eigenvalue weighted by atomic mass is 16.5. The summed E-state index contributed by atoms with van der Waals surface area (Å²) < 4.78 is 7.55. The van der Waals surface area contributed by atoms with Crippen molar-refractivity contribution in [2.75, 3.05) is 18.5 Å². The number of nitrogens with one attached hydrogen (secondary N) is 2. The van der Waals surface area contributed by atoms with Crippen LogP contribution in [0.1, 0.15) is 22.5 Å². The molecule has 0 bridgehead atoms. The van der Waals surface area contributed by atoms with Gasteiger partial charge < -0.3 is 25.0 Å². The van der Waals surface area contributed by atoms with E-state index >= 15 is 0 Å². The fourth-order valence-corrected chi connectivity index (χ4v) is 2.73. The van der Waals surface area contributed by atoms with Crippen LogP contribution in [0.4, 0.5) is 5.82 Å². The molecule has 2 heterocycles. The number of carbonyl (C=O) groups excluding carboxylic acids is 1. The molecular formula is C17H23N5O3. The Morgan fingerprint density at radius 1 is 1.32 bits per heavy atom. The van der Waals surface area contributed by atoms with Gasteiger partial charge in [0.1, 0.15) is 5.82 Å². The second-order valence-corrected chi connectivity index (χ2v) is 6.07. The van der Waals surface area contributed by atoms with Crippen molar-refractivity contribution in [3.05, 3.63) is 47.9 Å². The van der Waals surface area contributed by atoms with E-state index in [4.69, 9.17) is 10.5 Å². The fourth-order valence-electron chi connectivity index (χ4n) is 2.73. The molecule has 8 heteroatoms. The number of anilines is 1. The van der Waals surface area contributed by atoms with E-state index in [1.165, 1.54) is 0 Å². The molecule has 1 amide bonds. The summed E-state index contributed by atoms with van der Waals surface area (Å²) in [4.78, 5) is 15.9. The topological polar surface area (TPSA) is 114 Å². The lowest BCUT2D eigenvalue weighted by Gasteiger charge is -2.23. The summed E-state index contributed by atoms with van der Waals surface area (Å²) in [5, 5.41) is 15.1. The lowest BCUT2D eigenvalue weighted by Crippen LogP contribution is -2.51. The Kier molecular flexibility index (Phi) is 5.64. The quantitative estimate of drug-likeness (QED) is 0.554. The van der Waals surface area contributed by atoms with Crippen LogP contribution in [0.3, 0.4) is 0 Å². The molecule has 25 heavy (non-hydrogen) atoms. The number of nitrogens with two attached hydrogens (primary N) is 1. The highest BCUT2D eigenvalue weighted by molar-refractivity contribution is 5.98. The standard InChI is InChI=1S/C17H23N5O3/c18-17-20-15-14(16(24)21-17)19-11-22(15)7-6-13(8-23)10-25-9-12-4-2-1-3-5-12/h1-5,11,13,17,20,23H,6-10,18H2,(H,21,24)/t13-,17?/m1/s1. The second-order valence-electron chi connectivity index (χ2n) is 6.07. The summed E-state index contributed by atoms with van der Waals surface area (Å²) in [6.07, 6.45) is 1.68. The number of aliphatic hydroxyl groups is 1. The van der Waals surface area contributed by atoms with Crippen LogP contribution >= 0.6 is 0 Å². The monoisotopic (exact) mass is 345 g/mol. The molecule has 1 unspecified atom stereocenters. The number of imidazole rings is 1. The second kappa shape index (κ2) is 8.11. The molecule has 0 saturated carbocycles. The Balaban J connectivity index is 1.51. The highest BCUT2D eigenvalue weighted by Crippen LogP contribution is 2.19. The fraction of sp³-hybridized carbons (Fsp3) is 0.412. The lowest BCUT2D eigenvalue weighted by molar-refractivity contribution is 0.0579. The van der Waals surface area contributed by atoms with Gasteiger partial charge in [0.15, 0.2) is 12.0 Å². The minimum Gasteiger partial charge on any atom is -0.396 e. The largest absolute Gasteiger partial charge is 0.396 e. The number of aromatic nitrogens is 2. The summed E-state index contributed by atoms with van der Waals surface area (Å²) in [6, 6.07) is 9.92. The molecule has 1 aromatic heterocycles. The van der Waals surface area contributed by atoms with E-state index in [0.717, 1.165) is 5.56 Å². The van der Waals surface area contributed by atoms with Crippen molar-refractivity contribution in [2.24, 2.45) is 11.7 Å². The molecule has 1 aliphatic rings. The summed E-state index contributed by atoms with van der Waals surface area (Å²) in [5.41, 5.74) is 7.17. The molecule has 1 aliphatic heterocycles. The summed E-state index contributed by atoms with van der Waals surface area (Å²) in [7, 11) is 0. The van der Waals surface area contributed by atoms with Crippen LogP contribution in [0.2, 0.25) is 0 Å². The van der Waals surface area contributed by atoms with Crippen LogP contribution < -0.4 is 16.4 Å². The molecule has 0 spiro atoms. The molecule has 134 valence electrons. The van der Waals surface area contributed by atoms with E-state index in [2.05, 4.69) is 15.6 Å². The van der Waals surface area contributed by atoms with Gasteiger partial charge in [-0.2, -0.15) is 0 Å². The number of fused-ring (bicyclic) bond motifs is 1. The van der Waals surface area contributed by atoms with Crippen LogP contribution in [0.25, 0.3) is 0 Å². The maximum absolute atomic E-state index is 11.8. The normalized spacial score (nSPS) is 17.5. The van der Waals surface area contributed by atoms with E-state index in [1.807, 2.05) is 34.9 Å². The smallest absolute Gasteiger partial charge is 0.276 e. The Morgan fingerprint density at radius 3 is 2.88 bits per heavy atom. The number of aliphatic hydroxyl groups excluding tert-OH is 1. The molecule has 5 N–H and O–H groups in total. The van der Waals surface area contributed by atoms with Crippen molar-refractivity contribution >= 4 is 11.7 Å². The molecule has 0 aliphatic carbocycles. The van der Waals surface area contributed by atoms with Gasteiger partial charge in [-0.05, 0) is 12.0 Å². The van der Waals surface area contributed by atoms with E-state index in [0.29, 0.717) is 37.7 Å². The molecule has 1 aromatic carbocycles. The van der Waals surface area contributed by atoms with E-state index in [1.54, 1.807) is 6.33 Å². The zero-order valence-electron chi connectivity index (χ0n) is 13.9. The van der Waals surface area contributed by atoms with Crippen molar-refractivity contribution in [2.45, 2.75) is 25.9 Å². The first-order valence-electron chi connectivity index (χ1n) is 8.28. The van der Waals surface area contributed by atoms with Crippen LogP contribution in [-0.2, 0) is 17.9 Å². The maximum atomic E-state index is 11.8. The van der Waals surface area contributed by atoms with E-state index in [9.17, 15) is 9.90 Å². The maximum Gasteiger partial charge on any atom is 0.276 e. The van der Waals surface area contributed by atoms with Crippen LogP contribution in [-0.4, -0.2) is 40.1 Å². The molecular weight excluding hydrogens is 322 g/mol. The number of hydrogen-bond acceptors (Lipinski definition) is 6. The first-order chi connectivity index (χ1) is 12.2. The van der Waals surface area contributed by atoms with Crippen LogP contribution in [0, 0.1) is 5.92 Å². The van der Waals surface area contributed by atoms with E-state index < -0.39 is 6.29 Å². The number of benzene rings is 1. The van der Waals surface area contributed by atoms with Crippen molar-refractivity contribution in [3.63, 3.8) is 0 Å². The molecule has 0 radical (unpaired) electrons. The van der Waals surface area contributed by atoms with Crippen molar-refractivity contribution < 1.29 is 14.6 Å². The number of rotatable bonds is 8. The number of ether oxygens (including phenoxy) is 1. The Hall–Kier alpha value is -2.42. The first kappa shape index (κ1) is 17.4. The minimum absolute atomic E-state index is 0.00727. The Labute approximate surface area is 146 Å². The SMILES string of the molecule is NC1NC(=O)c2ncn(CC[C@H](CO)COCc3ccccc3)c2N1. The van der Waals surface area contributed by atoms with Crippen molar-refractivity contribution in [1.29, 1.82) is 0 Å². The molecule has 0 fully saturated rings. The Morgan fingerprint density at radius 2 is 2.12 bits per heavy atom. The van der Waals surface area contributed by atoms with Crippen LogP contribution in [0.15, 0.2) is 36.7 Å². The van der Waals surface area contributed by atoms with Crippen molar-refractivity contribution in [1.82, 2.24) is 14.9 Å². The van der Waals surface area contributed by atoms with Gasteiger partial charge in [0.25, 0.3) is 5.91 Å². The number of carbonyl (C=O) groups is 1. The molecule has 2 atom stereocenters. The number of aryl methyl sites for hydroxylation is 1. The molecule has 2 aromatic rings. The summed E-state index contributed by atoms with van der Waals surface area (Å²) >= 11 is 0. The van der Waals surface area contributed by atoms with E-state index in [-0.39, 0.29) is 18.4 Å². The van der Waals surface area contributed by atoms with Crippen molar-refractivity contribution in [3.8, 4) is 0 Å². The summed E-state index contributed by atoms with van der Waals surface area (Å²) in [6.45, 7) is 1.64. The number of nitrogens with zero attached hydrogens (tertiary/aromatic N) is 2. The van der Waals surface area contributed by atoms with Gasteiger partial charge in [0, 0.05) is 19.1 Å². The molecule has 3 rings (SSSR count). The molecule has 8 nitrogen and oxygen atoms in total. The predicted molar refractivity (Wildman–Crippen MR) is 92.6 cm³/mol. The molecule has 0 saturated heterocycles. The third-order valence-corrected chi connectivity index (χ3v) is 4.13. The average Bonchev–Trinajstić information content (AvgIpc) is 3.02. The van der Waals surface area contributed by atoms with Gasteiger partial charge in [-0.15, -0.1) is 0 Å². The van der Waals surface area contributed by atoms with Gasteiger partial charge in [-0.1, -0.05) is 30.3 Å². The van der Waals surface area contributed by atoms with Gasteiger partial charge in [-0.25, -0.2) is 4.98 Å². The number of hydrogen-bond donors (Lipinski definition) is 4. The first-order valence-corrected chi connectivity index (χ1v) is 8.28. The average molecular weight is 345 g/mol. The Bertz CT molecular complexity index is 704. The third-order valence-electron chi connectivity index (χ3n) is 4.13. The predicted octanol–water partition coefficient (Wildman–Crippen LogP) is 0.496. The number of amides is 1. The minimum atomic E-state index is -0.627. The third kappa shape index (κ3) is 4.36. The van der Waals surface area contributed by atoms with Gasteiger partial charge >= 0.3 is 0 Å². The zero-order valence-corrected chi connectivity index (χ0v) is 13.9. The zero-order chi connectivity index (χ0) is 17.6. The highest BCUT2D eigenvalue weighted by Gasteiger charge is 2.26. The van der Waals surface area contributed by atoms with Gasteiger partial charge in [0.05, 0.1) is 19.5 Å². The van der Waals surface area contributed by atoms with Gasteiger partial charge in [0.2, 0.25) is 0 Å². The van der Waals surface area contributed by atoms with Crippen LogP contribution in [0.5, 0.6) is 0 Å².